The van der Waals surface area contributed by atoms with Crippen molar-refractivity contribution in [2.24, 2.45) is 5.73 Å². The second-order valence-electron chi connectivity index (χ2n) is 1.40. The van der Waals surface area contributed by atoms with Crippen LogP contribution in [0.1, 0.15) is 0 Å². The van der Waals surface area contributed by atoms with Crippen LogP contribution in [0.5, 0.6) is 0 Å². The first-order chi connectivity index (χ1) is 4.12. The van der Waals surface area contributed by atoms with Crippen LogP contribution in [0.4, 0.5) is 0 Å². The van der Waals surface area contributed by atoms with E-state index < -0.39 is 7.60 Å². The molecule has 0 heterocycles. The molecule has 0 saturated heterocycles. The standard InChI is InChI=1S/C4H10NO3P/c1-2-3-8-9(6,7)4-5/h2H,1,3-5H2,(H,6,7). The van der Waals surface area contributed by atoms with Crippen LogP contribution in [0.25, 0.3) is 0 Å². The van der Waals surface area contributed by atoms with Crippen molar-refractivity contribution in [3.63, 3.8) is 0 Å². The molecule has 0 bridgehead atoms. The zero-order valence-corrected chi connectivity index (χ0v) is 5.88. The van der Waals surface area contributed by atoms with Gasteiger partial charge >= 0.3 is 7.60 Å². The molecule has 0 radical (unpaired) electrons. The lowest BCUT2D eigenvalue weighted by atomic mass is 10.7. The first-order valence-electron chi connectivity index (χ1n) is 2.39. The minimum absolute atomic E-state index is 0.0605. The lowest BCUT2D eigenvalue weighted by molar-refractivity contribution is 0.288. The predicted molar refractivity (Wildman–Crippen MR) is 35.0 cm³/mol. The minimum Gasteiger partial charge on any atom is -0.323 e. The molecule has 0 spiro atoms. The molecule has 4 nitrogen and oxygen atoms in total. The van der Waals surface area contributed by atoms with Crippen molar-refractivity contribution in [3.8, 4) is 0 Å². The minimum atomic E-state index is -3.48. The summed E-state index contributed by atoms with van der Waals surface area (Å²) in [5.74, 6) is 0. The van der Waals surface area contributed by atoms with Gasteiger partial charge in [0.25, 0.3) is 0 Å². The molecule has 0 aliphatic rings. The Morgan fingerprint density at radius 1 is 1.89 bits per heavy atom. The van der Waals surface area contributed by atoms with Gasteiger partial charge in [-0.05, 0) is 0 Å². The van der Waals surface area contributed by atoms with Crippen LogP contribution in [-0.4, -0.2) is 17.8 Å². The van der Waals surface area contributed by atoms with Crippen LogP contribution in [0.3, 0.4) is 0 Å². The molecular weight excluding hydrogens is 141 g/mol. The summed E-state index contributed by atoms with van der Waals surface area (Å²) in [6.07, 6.45) is 1.04. The molecule has 0 aromatic carbocycles. The lowest BCUT2D eigenvalue weighted by Crippen LogP contribution is -2.02. The van der Waals surface area contributed by atoms with Gasteiger partial charge in [-0.15, -0.1) is 6.58 Å². The fourth-order valence-corrected chi connectivity index (χ4v) is 0.666. The zero-order valence-electron chi connectivity index (χ0n) is 4.99. The Kier molecular flexibility index (Phi) is 3.73. The van der Waals surface area contributed by atoms with Crippen molar-refractivity contribution in [1.82, 2.24) is 0 Å². The highest BCUT2D eigenvalue weighted by atomic mass is 31.2. The third kappa shape index (κ3) is 4.36. The van der Waals surface area contributed by atoms with E-state index in [4.69, 9.17) is 10.6 Å². The van der Waals surface area contributed by atoms with Crippen LogP contribution in [0.15, 0.2) is 12.7 Å². The second kappa shape index (κ2) is 3.80. The van der Waals surface area contributed by atoms with Gasteiger partial charge < -0.3 is 15.2 Å². The summed E-state index contributed by atoms with van der Waals surface area (Å²) in [7, 11) is -3.48. The van der Waals surface area contributed by atoms with Crippen LogP contribution in [0.2, 0.25) is 0 Å². The van der Waals surface area contributed by atoms with E-state index in [0.717, 1.165) is 0 Å². The zero-order chi connectivity index (χ0) is 7.33. The molecule has 0 aliphatic carbocycles. The monoisotopic (exact) mass is 151 g/mol. The third-order valence-electron chi connectivity index (χ3n) is 0.625. The molecule has 1 unspecified atom stereocenters. The summed E-state index contributed by atoms with van der Waals surface area (Å²) in [6, 6.07) is 0. The second-order valence-corrected chi connectivity index (χ2v) is 3.30. The third-order valence-corrected chi connectivity index (χ3v) is 1.64. The van der Waals surface area contributed by atoms with Gasteiger partial charge in [0, 0.05) is 0 Å². The highest BCUT2D eigenvalue weighted by Gasteiger charge is 2.13. The Morgan fingerprint density at radius 3 is 2.78 bits per heavy atom. The molecule has 9 heavy (non-hydrogen) atoms. The van der Waals surface area contributed by atoms with Gasteiger partial charge in [-0.2, -0.15) is 0 Å². The molecule has 0 fully saturated rings. The van der Waals surface area contributed by atoms with E-state index in [1.807, 2.05) is 0 Å². The van der Waals surface area contributed by atoms with E-state index in [0.29, 0.717) is 0 Å². The van der Waals surface area contributed by atoms with Crippen LogP contribution in [-0.2, 0) is 9.09 Å². The summed E-state index contributed by atoms with van der Waals surface area (Å²) < 4.78 is 14.9. The van der Waals surface area contributed by atoms with Crippen molar-refractivity contribution >= 4 is 7.60 Å². The van der Waals surface area contributed by atoms with E-state index in [1.165, 1.54) is 6.08 Å². The number of hydrogen-bond donors (Lipinski definition) is 2. The number of nitrogens with two attached hydrogens (primary N) is 1. The normalized spacial score (nSPS) is 16.7. The molecule has 0 amide bonds. The fourth-order valence-electron chi connectivity index (χ4n) is 0.222. The first-order valence-corrected chi connectivity index (χ1v) is 4.16. The van der Waals surface area contributed by atoms with Crippen molar-refractivity contribution in [2.75, 3.05) is 12.9 Å². The number of hydrogen-bond acceptors (Lipinski definition) is 3. The maximum Gasteiger partial charge on any atom is 0.341 e. The Hall–Kier alpha value is -0.150. The summed E-state index contributed by atoms with van der Waals surface area (Å²) in [5.41, 5.74) is 4.87. The average molecular weight is 151 g/mol. The molecule has 5 heteroatoms. The number of rotatable bonds is 4. The van der Waals surface area contributed by atoms with E-state index in [2.05, 4.69) is 11.1 Å². The quantitative estimate of drug-likeness (QED) is 0.447. The molecule has 0 aromatic heterocycles. The van der Waals surface area contributed by atoms with Crippen molar-refractivity contribution in [2.45, 2.75) is 0 Å². The molecule has 0 aromatic rings. The Labute approximate surface area is 53.9 Å². The SMILES string of the molecule is C=CCOP(=O)(O)CN. The van der Waals surface area contributed by atoms with Gasteiger partial charge in [0.15, 0.2) is 0 Å². The summed E-state index contributed by atoms with van der Waals surface area (Å²) in [4.78, 5) is 8.61. The molecule has 3 N–H and O–H groups in total. The molecule has 0 rings (SSSR count). The van der Waals surface area contributed by atoms with Gasteiger partial charge in [0.2, 0.25) is 0 Å². The molecule has 1 atom stereocenters. The Morgan fingerprint density at radius 2 is 2.44 bits per heavy atom. The van der Waals surface area contributed by atoms with Crippen molar-refractivity contribution in [3.05, 3.63) is 12.7 Å². The highest BCUT2D eigenvalue weighted by molar-refractivity contribution is 7.52. The van der Waals surface area contributed by atoms with Crippen molar-refractivity contribution < 1.29 is 14.0 Å². The lowest BCUT2D eigenvalue weighted by Gasteiger charge is -2.05. The summed E-state index contributed by atoms with van der Waals surface area (Å²) in [6.45, 7) is 3.36. The molecular formula is C4H10NO3P. The molecule has 0 saturated carbocycles. The smallest absolute Gasteiger partial charge is 0.323 e. The largest absolute Gasteiger partial charge is 0.341 e. The Bertz CT molecular complexity index is 136. The fraction of sp³-hybridized carbons (Fsp3) is 0.500. The van der Waals surface area contributed by atoms with E-state index in [9.17, 15) is 4.57 Å². The summed E-state index contributed by atoms with van der Waals surface area (Å²) in [5, 5.41) is 0. The summed E-state index contributed by atoms with van der Waals surface area (Å²) >= 11 is 0. The predicted octanol–water partition coefficient (Wildman–Crippen LogP) is 0.291. The van der Waals surface area contributed by atoms with Crippen molar-refractivity contribution in [1.29, 1.82) is 0 Å². The van der Waals surface area contributed by atoms with Gasteiger partial charge in [-0.25, -0.2) is 0 Å². The maximum absolute atomic E-state index is 10.5. The Balaban J connectivity index is 3.58. The van der Waals surface area contributed by atoms with E-state index in [1.54, 1.807) is 0 Å². The molecule has 54 valence electrons. The van der Waals surface area contributed by atoms with Gasteiger partial charge in [0.05, 0.1) is 12.9 Å². The van der Waals surface area contributed by atoms with Gasteiger partial charge in [-0.3, -0.25) is 4.57 Å². The van der Waals surface area contributed by atoms with Crippen LogP contribution >= 0.6 is 7.60 Å². The van der Waals surface area contributed by atoms with Crippen LogP contribution in [0, 0.1) is 0 Å². The topological polar surface area (TPSA) is 72.5 Å². The highest BCUT2D eigenvalue weighted by Crippen LogP contribution is 2.38. The van der Waals surface area contributed by atoms with Gasteiger partial charge in [-0.1, -0.05) is 6.08 Å². The molecule has 0 aliphatic heterocycles. The van der Waals surface area contributed by atoms with E-state index in [-0.39, 0.29) is 12.9 Å². The van der Waals surface area contributed by atoms with Crippen LogP contribution < -0.4 is 5.73 Å². The van der Waals surface area contributed by atoms with E-state index >= 15 is 0 Å². The first kappa shape index (κ1) is 8.85. The van der Waals surface area contributed by atoms with Gasteiger partial charge in [0.1, 0.15) is 0 Å². The average Bonchev–Trinajstić information content (AvgIpc) is 1.84. The maximum atomic E-state index is 10.5.